The maximum absolute atomic E-state index is 13.2. The van der Waals surface area contributed by atoms with Crippen LogP contribution in [0, 0.1) is 0 Å². The normalized spacial score (nSPS) is 18.6. The Morgan fingerprint density at radius 2 is 2.14 bits per heavy atom. The number of β-lactam (4-membered cyclic amide) rings is 1. The number of thioether (sulfide) groups is 1. The van der Waals surface area contributed by atoms with Crippen LogP contribution in [0.15, 0.2) is 41.0 Å². The van der Waals surface area contributed by atoms with Gasteiger partial charge in [0.1, 0.15) is 33.7 Å². The van der Waals surface area contributed by atoms with E-state index in [-0.39, 0.29) is 33.2 Å². The second kappa shape index (κ2) is 12.0. The van der Waals surface area contributed by atoms with Crippen molar-refractivity contribution in [3.63, 3.8) is 0 Å². The largest absolute Gasteiger partial charge is 0.479 e. The van der Waals surface area contributed by atoms with Gasteiger partial charge in [0.05, 0.1) is 17.8 Å². The van der Waals surface area contributed by atoms with Crippen molar-refractivity contribution in [2.45, 2.75) is 24.4 Å². The summed E-state index contributed by atoms with van der Waals surface area (Å²) in [4.78, 5) is 62.7. The van der Waals surface area contributed by atoms with Gasteiger partial charge >= 0.3 is 11.9 Å². The van der Waals surface area contributed by atoms with Crippen LogP contribution < -0.4 is 21.4 Å². The standard InChI is InChI=1S/C24H23ClN8O7S2/c25-18-14(30-24(27)42-18)15(31-40-8-13(34)35)20(36)29-16-21(37)33-17(23(38)39)11(9-41-22(16)33)7-32-5-1-2-12-10(3-4-26)6-28-19(12)32/h1-2,5-6,16,22H,3-4,7-9,26H2,(H5,27,29,30,34,35,36,38,39)/p+1/t16-,22-/m1/s1. The van der Waals surface area contributed by atoms with E-state index in [1.807, 2.05) is 29.1 Å². The highest BCUT2D eigenvalue weighted by atomic mass is 35.5. The molecule has 1 saturated heterocycles. The molecule has 3 aromatic heterocycles. The van der Waals surface area contributed by atoms with Crippen LogP contribution in [0.4, 0.5) is 5.13 Å². The number of carbonyl (C=O) groups is 4. The van der Waals surface area contributed by atoms with Crippen molar-refractivity contribution < 1.29 is 38.8 Å². The van der Waals surface area contributed by atoms with Crippen molar-refractivity contribution in [2.75, 3.05) is 24.6 Å². The Morgan fingerprint density at radius 3 is 2.81 bits per heavy atom. The average molecular weight is 636 g/mol. The van der Waals surface area contributed by atoms with Crippen LogP contribution >= 0.6 is 34.7 Å². The number of aromatic amines is 1. The number of pyridine rings is 1. The number of rotatable bonds is 11. The molecule has 0 aromatic carbocycles. The van der Waals surface area contributed by atoms with E-state index >= 15 is 0 Å². The summed E-state index contributed by atoms with van der Waals surface area (Å²) in [5.41, 5.74) is 13.0. The molecule has 1 fully saturated rings. The van der Waals surface area contributed by atoms with E-state index in [0.717, 1.165) is 32.8 Å². The number of hydrogen-bond acceptors (Lipinski definition) is 11. The molecular formula is C24H24ClN8O7S2+. The first-order chi connectivity index (χ1) is 20.1. The number of thiazole rings is 1. The maximum Gasteiger partial charge on any atom is 0.352 e. The van der Waals surface area contributed by atoms with Gasteiger partial charge in [-0.1, -0.05) is 28.1 Å². The molecule has 42 heavy (non-hydrogen) atoms. The molecule has 220 valence electrons. The number of nitrogens with zero attached hydrogens (tertiary/aromatic N) is 4. The molecule has 15 nitrogen and oxygen atoms in total. The Kier molecular flexibility index (Phi) is 8.35. The molecule has 0 bridgehead atoms. The van der Waals surface area contributed by atoms with Gasteiger partial charge in [0.15, 0.2) is 10.8 Å². The van der Waals surface area contributed by atoms with E-state index in [4.69, 9.17) is 33.0 Å². The Labute approximate surface area is 250 Å². The Balaban J connectivity index is 1.38. The number of nitrogens with one attached hydrogen (secondary N) is 2. The number of oxime groups is 1. The topological polar surface area (TPSA) is 230 Å². The summed E-state index contributed by atoms with van der Waals surface area (Å²) in [6.45, 7) is -0.152. The van der Waals surface area contributed by atoms with Crippen LogP contribution in [-0.4, -0.2) is 84.9 Å². The maximum atomic E-state index is 13.2. The number of aromatic nitrogens is 3. The molecule has 2 aliphatic heterocycles. The molecule has 3 aromatic rings. The van der Waals surface area contributed by atoms with Gasteiger partial charge < -0.3 is 31.8 Å². The summed E-state index contributed by atoms with van der Waals surface area (Å²) < 4.78 is 1.88. The fourth-order valence-electron chi connectivity index (χ4n) is 4.73. The molecule has 8 N–H and O–H groups in total. The summed E-state index contributed by atoms with van der Waals surface area (Å²) >= 11 is 8.27. The molecule has 0 saturated carbocycles. The predicted octanol–water partition coefficient (Wildman–Crippen LogP) is -0.107. The molecule has 2 aliphatic rings. The first-order valence-electron chi connectivity index (χ1n) is 12.3. The summed E-state index contributed by atoms with van der Waals surface area (Å²) in [5, 5.41) is 25.3. The SMILES string of the molecule is NCCc1c[nH]c2c1ccc[n+]2CC1=C(C(=O)O)N2C(=O)[C@@H](NC(=O)C(=NOCC(=O)O)c3nc(N)sc3Cl)[C@H]2SC1. The van der Waals surface area contributed by atoms with Crippen LogP contribution in [0.1, 0.15) is 11.3 Å². The summed E-state index contributed by atoms with van der Waals surface area (Å²) in [6, 6.07) is 2.71. The predicted molar refractivity (Wildman–Crippen MR) is 153 cm³/mol. The van der Waals surface area contributed by atoms with Crippen molar-refractivity contribution in [1.29, 1.82) is 0 Å². The van der Waals surface area contributed by atoms with E-state index in [1.54, 1.807) is 0 Å². The number of H-pyrrole nitrogens is 1. The van der Waals surface area contributed by atoms with Gasteiger partial charge in [-0.2, -0.15) is 0 Å². The minimum atomic E-state index is -1.34. The van der Waals surface area contributed by atoms with Crippen LogP contribution in [0.3, 0.4) is 0 Å². The van der Waals surface area contributed by atoms with Gasteiger partial charge in [-0.25, -0.2) is 24.1 Å². The van der Waals surface area contributed by atoms with Gasteiger partial charge in [-0.3, -0.25) is 14.5 Å². The minimum absolute atomic E-state index is 0.000553. The molecular weight excluding hydrogens is 612 g/mol. The van der Waals surface area contributed by atoms with Crippen molar-refractivity contribution >= 4 is 80.3 Å². The first-order valence-corrected chi connectivity index (χ1v) is 14.6. The smallest absolute Gasteiger partial charge is 0.352 e. The number of carboxylic acids is 2. The summed E-state index contributed by atoms with van der Waals surface area (Å²) in [6.07, 6.45) is 4.37. The minimum Gasteiger partial charge on any atom is -0.479 e. The second-order valence-corrected chi connectivity index (χ2v) is 11.9. The first kappa shape index (κ1) is 29.3. The number of halogens is 1. The number of aliphatic carboxylic acids is 2. The number of nitrogens with two attached hydrogens (primary N) is 2. The van der Waals surface area contributed by atoms with Gasteiger partial charge in [0, 0.05) is 16.9 Å². The van der Waals surface area contributed by atoms with Gasteiger partial charge in [-0.15, -0.1) is 11.8 Å². The van der Waals surface area contributed by atoms with E-state index in [0.29, 0.717) is 18.5 Å². The Bertz CT molecular complexity index is 1670. The van der Waals surface area contributed by atoms with Crippen LogP contribution in [0.5, 0.6) is 0 Å². The second-order valence-electron chi connectivity index (χ2n) is 9.15. The van der Waals surface area contributed by atoms with E-state index in [9.17, 15) is 24.3 Å². The average Bonchev–Trinajstić information content (AvgIpc) is 3.51. The number of fused-ring (bicyclic) bond motifs is 2. The third kappa shape index (κ3) is 5.50. The molecule has 2 atom stereocenters. The number of amides is 2. The summed E-state index contributed by atoms with van der Waals surface area (Å²) in [7, 11) is 0. The van der Waals surface area contributed by atoms with Crippen molar-refractivity contribution in [3.05, 3.63) is 51.4 Å². The Hall–Kier alpha value is -4.19. The van der Waals surface area contributed by atoms with Crippen LogP contribution in [0.25, 0.3) is 11.0 Å². The summed E-state index contributed by atoms with van der Waals surface area (Å²) in [5.74, 6) is -3.90. The number of anilines is 1. The monoisotopic (exact) mass is 635 g/mol. The zero-order valence-corrected chi connectivity index (χ0v) is 24.0. The molecule has 2 amide bonds. The van der Waals surface area contributed by atoms with E-state index < -0.39 is 47.5 Å². The quantitative estimate of drug-likeness (QED) is 0.0704. The molecule has 0 aliphatic carbocycles. The lowest BCUT2D eigenvalue weighted by Crippen LogP contribution is -2.71. The third-order valence-corrected chi connectivity index (χ3v) is 8.92. The number of carboxylic acid groups (broad SMARTS) is 2. The lowest BCUT2D eigenvalue weighted by molar-refractivity contribution is -0.664. The van der Waals surface area contributed by atoms with Crippen molar-refractivity contribution in [1.82, 2.24) is 20.2 Å². The number of nitrogen functional groups attached to an aromatic ring is 1. The zero-order valence-electron chi connectivity index (χ0n) is 21.6. The van der Waals surface area contributed by atoms with Crippen LogP contribution in [-0.2, 0) is 37.0 Å². The molecule has 0 spiro atoms. The van der Waals surface area contributed by atoms with Crippen molar-refractivity contribution in [3.8, 4) is 0 Å². The fourth-order valence-corrected chi connectivity index (χ4v) is 6.99. The molecule has 18 heteroatoms. The molecule has 5 heterocycles. The molecule has 5 rings (SSSR count). The number of hydrogen-bond donors (Lipinski definition) is 6. The van der Waals surface area contributed by atoms with Gasteiger partial charge in [0.2, 0.25) is 6.61 Å². The highest BCUT2D eigenvalue weighted by Crippen LogP contribution is 2.40. The number of carbonyl (C=O) groups excluding carboxylic acids is 2. The van der Waals surface area contributed by atoms with Crippen LogP contribution in [0.2, 0.25) is 4.34 Å². The van der Waals surface area contributed by atoms with Gasteiger partial charge in [0.25, 0.3) is 17.5 Å². The highest BCUT2D eigenvalue weighted by molar-refractivity contribution is 8.00. The highest BCUT2D eigenvalue weighted by Gasteiger charge is 2.54. The van der Waals surface area contributed by atoms with E-state index in [2.05, 4.69) is 20.4 Å². The van der Waals surface area contributed by atoms with Gasteiger partial charge in [-0.05, 0) is 25.1 Å². The van der Waals surface area contributed by atoms with Crippen molar-refractivity contribution in [2.24, 2.45) is 10.9 Å². The van der Waals surface area contributed by atoms with E-state index in [1.165, 1.54) is 11.8 Å². The lowest BCUT2D eigenvalue weighted by atomic mass is 10.0. The Morgan fingerprint density at radius 1 is 1.36 bits per heavy atom. The fraction of sp³-hybridized carbons (Fsp3) is 0.292. The lowest BCUT2D eigenvalue weighted by Gasteiger charge is -2.49. The zero-order chi connectivity index (χ0) is 30.1. The molecule has 0 radical (unpaired) electrons. The molecule has 0 unspecified atom stereocenters. The third-order valence-electron chi connectivity index (χ3n) is 6.50.